The Morgan fingerprint density at radius 2 is 1.73 bits per heavy atom. The van der Waals surface area contributed by atoms with Crippen LogP contribution >= 0.6 is 0 Å². The summed E-state index contributed by atoms with van der Waals surface area (Å²) in [5.41, 5.74) is 7.28. The van der Waals surface area contributed by atoms with E-state index in [4.69, 9.17) is 0 Å². The van der Waals surface area contributed by atoms with Crippen molar-refractivity contribution in [2.45, 2.75) is 6.54 Å². The number of nitrogens with one attached hydrogen (secondary N) is 1. The molecule has 1 aliphatic heterocycles. The summed E-state index contributed by atoms with van der Waals surface area (Å²) in [4.78, 5) is 2.50. The lowest BCUT2D eigenvalue weighted by molar-refractivity contribution is 0.291. The molecule has 1 N–H and O–H groups in total. The molecular weight excluding hydrogens is 270 g/mol. The van der Waals surface area contributed by atoms with Gasteiger partial charge in [-0.1, -0.05) is 55.1 Å². The van der Waals surface area contributed by atoms with Gasteiger partial charge in [-0.05, 0) is 23.3 Å². The lowest BCUT2D eigenvalue weighted by atomic mass is 10.1. The maximum absolute atomic E-state index is 3.80. The molecular formula is C19H23N3. The molecule has 114 valence electrons. The number of hydrogen-bond donors (Lipinski definition) is 1. The van der Waals surface area contributed by atoms with Crippen LogP contribution in [0, 0.1) is 0 Å². The molecule has 0 bridgehead atoms. The summed E-state index contributed by atoms with van der Waals surface area (Å²) in [6.07, 6.45) is 1.89. The molecule has 2 aromatic rings. The van der Waals surface area contributed by atoms with Gasteiger partial charge in [-0.3, -0.25) is 4.90 Å². The van der Waals surface area contributed by atoms with Crippen LogP contribution in [0.2, 0.25) is 0 Å². The summed E-state index contributed by atoms with van der Waals surface area (Å²) >= 11 is 0. The highest BCUT2D eigenvalue weighted by Crippen LogP contribution is 2.13. The molecule has 1 saturated heterocycles. The molecule has 0 spiro atoms. The minimum atomic E-state index is 0.972. The molecule has 2 aromatic carbocycles. The molecule has 0 aromatic heterocycles. The van der Waals surface area contributed by atoms with Crippen LogP contribution in [0.15, 0.2) is 61.2 Å². The standard InChI is InChI=1S/C19H23N3/c1-2-17-8-10-18(11-9-17)16-21-13-12-20-22(15-14-21)19-6-4-3-5-7-19/h2-11,20H,1,12-16H2. The van der Waals surface area contributed by atoms with Crippen molar-refractivity contribution in [2.75, 3.05) is 31.2 Å². The average molecular weight is 293 g/mol. The van der Waals surface area contributed by atoms with Gasteiger partial charge in [-0.25, -0.2) is 5.43 Å². The molecule has 0 aliphatic carbocycles. The van der Waals surface area contributed by atoms with Crippen molar-refractivity contribution >= 4 is 11.8 Å². The van der Waals surface area contributed by atoms with E-state index in [1.165, 1.54) is 16.8 Å². The maximum Gasteiger partial charge on any atom is 0.0520 e. The summed E-state index contributed by atoms with van der Waals surface area (Å²) in [7, 11) is 0. The Bertz CT molecular complexity index is 592. The molecule has 1 fully saturated rings. The Morgan fingerprint density at radius 1 is 0.955 bits per heavy atom. The van der Waals surface area contributed by atoms with E-state index in [2.05, 4.69) is 76.5 Å². The van der Waals surface area contributed by atoms with Crippen LogP contribution < -0.4 is 10.4 Å². The first-order chi connectivity index (χ1) is 10.8. The predicted molar refractivity (Wildman–Crippen MR) is 93.6 cm³/mol. The van der Waals surface area contributed by atoms with Crippen LogP contribution in [0.3, 0.4) is 0 Å². The van der Waals surface area contributed by atoms with E-state index in [0.717, 1.165) is 32.7 Å². The van der Waals surface area contributed by atoms with Gasteiger partial charge < -0.3 is 5.01 Å². The maximum atomic E-state index is 3.80. The summed E-state index contributed by atoms with van der Waals surface area (Å²) in [5.74, 6) is 0. The van der Waals surface area contributed by atoms with Crippen LogP contribution in [-0.2, 0) is 6.54 Å². The predicted octanol–water partition coefficient (Wildman–Crippen LogP) is 3.16. The first-order valence-electron chi connectivity index (χ1n) is 7.85. The fraction of sp³-hybridized carbons (Fsp3) is 0.263. The Hall–Kier alpha value is -2.10. The molecule has 0 atom stereocenters. The lowest BCUT2D eigenvalue weighted by Crippen LogP contribution is -2.38. The van der Waals surface area contributed by atoms with Gasteiger partial charge in [0.25, 0.3) is 0 Å². The molecule has 1 aliphatic rings. The second-order valence-electron chi connectivity index (χ2n) is 5.62. The molecule has 3 heteroatoms. The number of nitrogens with zero attached hydrogens (tertiary/aromatic N) is 2. The number of para-hydroxylation sites is 1. The summed E-state index contributed by atoms with van der Waals surface area (Å²) in [5, 5.41) is 2.25. The number of benzene rings is 2. The Labute approximate surface area is 132 Å². The van der Waals surface area contributed by atoms with E-state index in [0.29, 0.717) is 0 Å². The highest BCUT2D eigenvalue weighted by molar-refractivity contribution is 5.47. The van der Waals surface area contributed by atoms with Gasteiger partial charge in [0.1, 0.15) is 0 Å². The molecule has 0 saturated carbocycles. The van der Waals surface area contributed by atoms with Gasteiger partial charge in [0, 0.05) is 32.7 Å². The van der Waals surface area contributed by atoms with E-state index in [1.807, 2.05) is 6.08 Å². The zero-order chi connectivity index (χ0) is 15.2. The molecule has 3 rings (SSSR count). The van der Waals surface area contributed by atoms with E-state index >= 15 is 0 Å². The minimum absolute atomic E-state index is 0.972. The Kier molecular flexibility index (Phi) is 4.88. The molecule has 1 heterocycles. The first kappa shape index (κ1) is 14.8. The molecule has 0 radical (unpaired) electrons. The second kappa shape index (κ2) is 7.25. The third-order valence-electron chi connectivity index (χ3n) is 4.06. The summed E-state index contributed by atoms with van der Waals surface area (Å²) < 4.78 is 0. The van der Waals surface area contributed by atoms with Gasteiger partial charge in [0.15, 0.2) is 0 Å². The fourth-order valence-electron chi connectivity index (χ4n) is 2.78. The van der Waals surface area contributed by atoms with Crippen molar-refractivity contribution < 1.29 is 0 Å². The van der Waals surface area contributed by atoms with Gasteiger partial charge in [-0.2, -0.15) is 0 Å². The van der Waals surface area contributed by atoms with Gasteiger partial charge in [0.2, 0.25) is 0 Å². The van der Waals surface area contributed by atoms with Gasteiger partial charge in [-0.15, -0.1) is 0 Å². The smallest absolute Gasteiger partial charge is 0.0520 e. The van der Waals surface area contributed by atoms with Gasteiger partial charge >= 0.3 is 0 Å². The first-order valence-corrected chi connectivity index (χ1v) is 7.85. The van der Waals surface area contributed by atoms with Crippen LogP contribution in [-0.4, -0.2) is 31.1 Å². The van der Waals surface area contributed by atoms with Crippen molar-refractivity contribution in [1.82, 2.24) is 10.3 Å². The van der Waals surface area contributed by atoms with Crippen molar-refractivity contribution in [3.05, 3.63) is 72.3 Å². The highest BCUT2D eigenvalue weighted by Gasteiger charge is 2.14. The number of anilines is 1. The van der Waals surface area contributed by atoms with E-state index in [-0.39, 0.29) is 0 Å². The van der Waals surface area contributed by atoms with E-state index in [1.54, 1.807) is 0 Å². The number of hydrazine groups is 1. The Morgan fingerprint density at radius 3 is 2.45 bits per heavy atom. The normalized spacial score (nSPS) is 16.3. The lowest BCUT2D eigenvalue weighted by Gasteiger charge is -2.23. The minimum Gasteiger partial charge on any atom is -0.307 e. The zero-order valence-electron chi connectivity index (χ0n) is 12.9. The van der Waals surface area contributed by atoms with Crippen molar-refractivity contribution in [1.29, 1.82) is 0 Å². The van der Waals surface area contributed by atoms with E-state index in [9.17, 15) is 0 Å². The third-order valence-corrected chi connectivity index (χ3v) is 4.06. The fourth-order valence-corrected chi connectivity index (χ4v) is 2.78. The summed E-state index contributed by atoms with van der Waals surface area (Å²) in [6, 6.07) is 19.2. The molecule has 0 unspecified atom stereocenters. The highest BCUT2D eigenvalue weighted by atomic mass is 15.5. The van der Waals surface area contributed by atoms with Crippen molar-refractivity contribution in [2.24, 2.45) is 0 Å². The van der Waals surface area contributed by atoms with E-state index < -0.39 is 0 Å². The number of rotatable bonds is 4. The van der Waals surface area contributed by atoms with Crippen LogP contribution in [0.4, 0.5) is 5.69 Å². The van der Waals surface area contributed by atoms with Crippen molar-refractivity contribution in [3.8, 4) is 0 Å². The largest absolute Gasteiger partial charge is 0.307 e. The summed E-state index contributed by atoms with van der Waals surface area (Å²) in [6.45, 7) is 8.89. The molecule has 0 amide bonds. The zero-order valence-corrected chi connectivity index (χ0v) is 12.9. The SMILES string of the molecule is C=Cc1ccc(CN2CCNN(c3ccccc3)CC2)cc1. The van der Waals surface area contributed by atoms with Crippen LogP contribution in [0.1, 0.15) is 11.1 Å². The monoisotopic (exact) mass is 293 g/mol. The van der Waals surface area contributed by atoms with Gasteiger partial charge in [0.05, 0.1) is 5.69 Å². The molecule has 22 heavy (non-hydrogen) atoms. The quantitative estimate of drug-likeness (QED) is 0.934. The second-order valence-corrected chi connectivity index (χ2v) is 5.62. The third kappa shape index (κ3) is 3.75. The van der Waals surface area contributed by atoms with Crippen LogP contribution in [0.25, 0.3) is 6.08 Å². The van der Waals surface area contributed by atoms with Crippen LogP contribution in [0.5, 0.6) is 0 Å². The number of hydrogen-bond acceptors (Lipinski definition) is 3. The molecule has 3 nitrogen and oxygen atoms in total. The van der Waals surface area contributed by atoms with Crippen molar-refractivity contribution in [3.63, 3.8) is 0 Å². The average Bonchev–Trinajstić information content (AvgIpc) is 2.82. The topological polar surface area (TPSA) is 18.5 Å². The Balaban J connectivity index is 1.59.